The molecule has 0 atom stereocenters. The van der Waals surface area contributed by atoms with Gasteiger partial charge in [0.25, 0.3) is 0 Å². The average Bonchev–Trinajstić information content (AvgIpc) is 2.50. The Kier molecular flexibility index (Phi) is 5.13. The van der Waals surface area contributed by atoms with Crippen LogP contribution in [0.2, 0.25) is 0 Å². The van der Waals surface area contributed by atoms with E-state index in [-0.39, 0.29) is 11.5 Å². The highest BCUT2D eigenvalue weighted by Crippen LogP contribution is 2.33. The normalized spacial score (nSPS) is 10.1. The maximum absolute atomic E-state index is 11.0. The van der Waals surface area contributed by atoms with Crippen LogP contribution in [0.15, 0.2) is 36.5 Å². The fourth-order valence-corrected chi connectivity index (χ4v) is 1.91. The van der Waals surface area contributed by atoms with Crippen molar-refractivity contribution in [2.45, 2.75) is 13.8 Å². The first-order valence-electron chi connectivity index (χ1n) is 6.91. The zero-order valence-electron chi connectivity index (χ0n) is 12.4. The van der Waals surface area contributed by atoms with E-state index in [0.717, 1.165) is 0 Å². The molecule has 0 aliphatic heterocycles. The number of hydrogen-bond donors (Lipinski definition) is 1. The van der Waals surface area contributed by atoms with Gasteiger partial charge in [0.2, 0.25) is 5.82 Å². The summed E-state index contributed by atoms with van der Waals surface area (Å²) in [5.41, 5.74) is 0.544. The van der Waals surface area contributed by atoms with Gasteiger partial charge in [-0.25, -0.2) is 4.98 Å². The SMILES string of the molecule is CCOc1ccc(Nc2ncccc2[N+](=O)[O-])cc1OCC. The molecule has 1 N–H and O–H groups in total. The Morgan fingerprint density at radius 1 is 1.18 bits per heavy atom. The number of anilines is 2. The Bertz CT molecular complexity index is 661. The topological polar surface area (TPSA) is 86.5 Å². The molecule has 0 bridgehead atoms. The molecule has 1 aromatic heterocycles. The number of ether oxygens (including phenoxy) is 2. The second-order valence-corrected chi connectivity index (χ2v) is 4.28. The molecule has 0 amide bonds. The minimum atomic E-state index is -0.479. The van der Waals surface area contributed by atoms with E-state index in [0.29, 0.717) is 30.4 Å². The van der Waals surface area contributed by atoms with E-state index in [9.17, 15) is 10.1 Å². The number of aromatic nitrogens is 1. The summed E-state index contributed by atoms with van der Waals surface area (Å²) < 4.78 is 11.0. The van der Waals surface area contributed by atoms with E-state index in [2.05, 4.69) is 10.3 Å². The molecule has 7 nitrogen and oxygen atoms in total. The van der Waals surface area contributed by atoms with Crippen molar-refractivity contribution < 1.29 is 14.4 Å². The van der Waals surface area contributed by atoms with Crippen LogP contribution in [-0.2, 0) is 0 Å². The van der Waals surface area contributed by atoms with E-state index in [1.165, 1.54) is 18.3 Å². The number of nitrogens with zero attached hydrogens (tertiary/aromatic N) is 2. The molecule has 116 valence electrons. The Morgan fingerprint density at radius 2 is 1.91 bits per heavy atom. The second-order valence-electron chi connectivity index (χ2n) is 4.28. The summed E-state index contributed by atoms with van der Waals surface area (Å²) in [6, 6.07) is 8.16. The van der Waals surface area contributed by atoms with Crippen LogP contribution >= 0.6 is 0 Å². The number of nitrogens with one attached hydrogen (secondary N) is 1. The summed E-state index contributed by atoms with van der Waals surface area (Å²) in [4.78, 5) is 14.5. The van der Waals surface area contributed by atoms with Crippen LogP contribution < -0.4 is 14.8 Å². The predicted molar refractivity (Wildman–Crippen MR) is 83.0 cm³/mol. The number of nitro groups is 1. The highest BCUT2D eigenvalue weighted by Gasteiger charge is 2.15. The molecule has 0 fully saturated rings. The van der Waals surface area contributed by atoms with Gasteiger partial charge in [-0.15, -0.1) is 0 Å². The lowest BCUT2D eigenvalue weighted by Crippen LogP contribution is -2.01. The predicted octanol–water partition coefficient (Wildman–Crippen LogP) is 3.53. The van der Waals surface area contributed by atoms with Crippen molar-refractivity contribution in [2.75, 3.05) is 18.5 Å². The third-order valence-corrected chi connectivity index (χ3v) is 2.79. The Hall–Kier alpha value is -2.83. The molecule has 2 rings (SSSR count). The lowest BCUT2D eigenvalue weighted by atomic mass is 10.2. The molecule has 1 aromatic carbocycles. The molecule has 0 spiro atoms. The zero-order chi connectivity index (χ0) is 15.9. The minimum absolute atomic E-state index is 0.0886. The van der Waals surface area contributed by atoms with Crippen LogP contribution in [0.1, 0.15) is 13.8 Å². The van der Waals surface area contributed by atoms with Crippen molar-refractivity contribution >= 4 is 17.2 Å². The summed E-state index contributed by atoms with van der Waals surface area (Å²) >= 11 is 0. The molecule has 0 aliphatic rings. The fraction of sp³-hybridized carbons (Fsp3) is 0.267. The maximum atomic E-state index is 11.0. The molecule has 2 aromatic rings. The average molecular weight is 303 g/mol. The smallest absolute Gasteiger partial charge is 0.311 e. The van der Waals surface area contributed by atoms with Crippen LogP contribution in [-0.4, -0.2) is 23.1 Å². The van der Waals surface area contributed by atoms with Gasteiger partial charge < -0.3 is 14.8 Å². The van der Waals surface area contributed by atoms with Crippen molar-refractivity contribution in [3.05, 3.63) is 46.6 Å². The summed E-state index contributed by atoms with van der Waals surface area (Å²) in [6.45, 7) is 4.78. The van der Waals surface area contributed by atoms with Crippen LogP contribution in [0, 0.1) is 10.1 Å². The highest BCUT2D eigenvalue weighted by atomic mass is 16.6. The molecule has 0 aliphatic carbocycles. The lowest BCUT2D eigenvalue weighted by molar-refractivity contribution is -0.384. The van der Waals surface area contributed by atoms with Gasteiger partial charge in [0, 0.05) is 24.0 Å². The molecule has 7 heteroatoms. The van der Waals surface area contributed by atoms with Crippen LogP contribution in [0.3, 0.4) is 0 Å². The molecule has 0 saturated heterocycles. The quantitative estimate of drug-likeness (QED) is 0.622. The summed E-state index contributed by atoms with van der Waals surface area (Å²) in [6.07, 6.45) is 1.49. The van der Waals surface area contributed by atoms with Gasteiger partial charge >= 0.3 is 5.69 Å². The largest absolute Gasteiger partial charge is 0.490 e. The van der Waals surface area contributed by atoms with E-state index >= 15 is 0 Å². The first-order chi connectivity index (χ1) is 10.7. The molecule has 0 saturated carbocycles. The molecular formula is C15H17N3O4. The van der Waals surface area contributed by atoms with E-state index < -0.39 is 4.92 Å². The van der Waals surface area contributed by atoms with Crippen molar-refractivity contribution in [1.29, 1.82) is 0 Å². The first kappa shape index (κ1) is 15.6. The molecular weight excluding hydrogens is 286 g/mol. The first-order valence-corrected chi connectivity index (χ1v) is 6.91. The minimum Gasteiger partial charge on any atom is -0.490 e. The third-order valence-electron chi connectivity index (χ3n) is 2.79. The van der Waals surface area contributed by atoms with E-state index in [1.54, 1.807) is 18.2 Å². The van der Waals surface area contributed by atoms with Gasteiger partial charge in [-0.3, -0.25) is 10.1 Å². The lowest BCUT2D eigenvalue weighted by Gasteiger charge is -2.13. The molecule has 1 heterocycles. The van der Waals surface area contributed by atoms with Crippen molar-refractivity contribution in [2.24, 2.45) is 0 Å². The van der Waals surface area contributed by atoms with E-state index in [1.807, 2.05) is 13.8 Å². The third kappa shape index (κ3) is 3.63. The van der Waals surface area contributed by atoms with Crippen LogP contribution in [0.5, 0.6) is 11.5 Å². The van der Waals surface area contributed by atoms with Crippen molar-refractivity contribution in [1.82, 2.24) is 4.98 Å². The number of rotatable bonds is 7. The monoisotopic (exact) mass is 303 g/mol. The van der Waals surface area contributed by atoms with Crippen molar-refractivity contribution in [3.63, 3.8) is 0 Å². The second kappa shape index (κ2) is 7.26. The van der Waals surface area contributed by atoms with E-state index in [4.69, 9.17) is 9.47 Å². The molecule has 22 heavy (non-hydrogen) atoms. The number of benzene rings is 1. The fourth-order valence-electron chi connectivity index (χ4n) is 1.91. The maximum Gasteiger partial charge on any atom is 0.311 e. The van der Waals surface area contributed by atoms with Gasteiger partial charge in [0.1, 0.15) is 0 Å². The van der Waals surface area contributed by atoms with Gasteiger partial charge in [-0.05, 0) is 32.0 Å². The van der Waals surface area contributed by atoms with Gasteiger partial charge in [0.15, 0.2) is 11.5 Å². The number of hydrogen-bond acceptors (Lipinski definition) is 6. The summed E-state index contributed by atoms with van der Waals surface area (Å²) in [5.74, 6) is 1.39. The highest BCUT2D eigenvalue weighted by molar-refractivity contribution is 5.67. The van der Waals surface area contributed by atoms with Crippen LogP contribution in [0.25, 0.3) is 0 Å². The van der Waals surface area contributed by atoms with Gasteiger partial charge in [-0.2, -0.15) is 0 Å². The standard InChI is InChI=1S/C15H17N3O4/c1-3-21-13-8-7-11(10-14(13)22-4-2)17-15-12(18(19)20)6-5-9-16-15/h5-10H,3-4H2,1-2H3,(H,16,17). The van der Waals surface area contributed by atoms with Gasteiger partial charge in [-0.1, -0.05) is 0 Å². The summed E-state index contributed by atoms with van der Waals surface area (Å²) in [7, 11) is 0. The van der Waals surface area contributed by atoms with Crippen molar-refractivity contribution in [3.8, 4) is 11.5 Å². The van der Waals surface area contributed by atoms with Gasteiger partial charge in [0.05, 0.1) is 18.1 Å². The summed E-state index contributed by atoms with van der Waals surface area (Å²) in [5, 5.41) is 13.9. The Labute approximate surface area is 128 Å². The molecule has 0 unspecified atom stereocenters. The van der Waals surface area contributed by atoms with Crippen LogP contribution in [0.4, 0.5) is 17.2 Å². The Morgan fingerprint density at radius 3 is 2.59 bits per heavy atom. The molecule has 0 radical (unpaired) electrons. The zero-order valence-corrected chi connectivity index (χ0v) is 12.4. The number of pyridine rings is 1. The Balaban J connectivity index is 2.30.